The molecule has 0 amide bonds. The van der Waals surface area contributed by atoms with E-state index in [2.05, 4.69) is 17.1 Å². The van der Waals surface area contributed by atoms with E-state index in [9.17, 15) is 5.11 Å². The van der Waals surface area contributed by atoms with Crippen LogP contribution in [0.5, 0.6) is 0 Å². The van der Waals surface area contributed by atoms with E-state index in [1.54, 1.807) is 0 Å². The van der Waals surface area contributed by atoms with Crippen LogP contribution in [-0.4, -0.2) is 35.2 Å². The Balaban J connectivity index is 1.96. The quantitative estimate of drug-likeness (QED) is 0.592. The van der Waals surface area contributed by atoms with Crippen molar-refractivity contribution < 1.29 is 5.11 Å². The molecule has 68 valence electrons. The van der Waals surface area contributed by atoms with E-state index in [0.717, 1.165) is 12.8 Å². The van der Waals surface area contributed by atoms with Gasteiger partial charge in [0.05, 0.1) is 6.10 Å². The van der Waals surface area contributed by atoms with Gasteiger partial charge in [-0.2, -0.15) is 0 Å². The molecule has 0 radical (unpaired) electrons. The van der Waals surface area contributed by atoms with Gasteiger partial charge in [-0.15, -0.1) is 0 Å². The summed E-state index contributed by atoms with van der Waals surface area (Å²) in [6, 6.07) is 0.414. The molecule has 0 unspecified atom stereocenters. The van der Waals surface area contributed by atoms with Crippen molar-refractivity contribution in [2.24, 2.45) is 0 Å². The Morgan fingerprint density at radius 1 is 1.08 bits per heavy atom. The van der Waals surface area contributed by atoms with E-state index < -0.39 is 0 Å². The third-order valence-electron chi connectivity index (χ3n) is 2.98. The number of rotatable bonds is 1. The summed E-state index contributed by atoms with van der Waals surface area (Å²) in [4.78, 5) is 2.44. The molecule has 1 heterocycles. The van der Waals surface area contributed by atoms with Crippen LogP contribution >= 0.6 is 0 Å². The molecule has 0 saturated carbocycles. The smallest absolute Gasteiger partial charge is 0.0732 e. The molecule has 2 heteroatoms. The van der Waals surface area contributed by atoms with Crippen molar-refractivity contribution in [2.45, 2.75) is 37.8 Å². The molecule has 1 fully saturated rings. The lowest BCUT2D eigenvalue weighted by atomic mass is 9.97. The standard InChI is InChI=1S/C10H17NO/c12-10-6-2-1-5-9(10)11-7-3-4-8-11/h1-2,9-10,12H,3-8H2/t9-,10-/m1/s1. The Labute approximate surface area is 73.9 Å². The normalized spacial score (nSPS) is 37.4. The van der Waals surface area contributed by atoms with Crippen LogP contribution in [0.1, 0.15) is 25.7 Å². The molecule has 2 nitrogen and oxygen atoms in total. The van der Waals surface area contributed by atoms with Crippen LogP contribution in [0.4, 0.5) is 0 Å². The molecule has 1 aliphatic carbocycles. The van der Waals surface area contributed by atoms with Crippen LogP contribution in [0.3, 0.4) is 0 Å². The van der Waals surface area contributed by atoms with Gasteiger partial charge < -0.3 is 5.11 Å². The maximum Gasteiger partial charge on any atom is 0.0732 e. The van der Waals surface area contributed by atoms with Gasteiger partial charge in [0, 0.05) is 6.04 Å². The van der Waals surface area contributed by atoms with Crippen molar-refractivity contribution in [1.82, 2.24) is 4.90 Å². The van der Waals surface area contributed by atoms with E-state index in [1.807, 2.05) is 0 Å². The summed E-state index contributed by atoms with van der Waals surface area (Å²) in [5.74, 6) is 0. The van der Waals surface area contributed by atoms with Gasteiger partial charge in [0.1, 0.15) is 0 Å². The summed E-state index contributed by atoms with van der Waals surface area (Å²) in [5.41, 5.74) is 0. The Hall–Kier alpha value is -0.340. The molecule has 2 rings (SSSR count). The van der Waals surface area contributed by atoms with Gasteiger partial charge in [0.25, 0.3) is 0 Å². The lowest BCUT2D eigenvalue weighted by molar-refractivity contribution is 0.0608. The zero-order chi connectivity index (χ0) is 8.39. The number of hydrogen-bond donors (Lipinski definition) is 1. The van der Waals surface area contributed by atoms with Gasteiger partial charge in [-0.1, -0.05) is 12.2 Å². The average molecular weight is 167 g/mol. The summed E-state index contributed by atoms with van der Waals surface area (Å²) in [6.45, 7) is 2.38. The highest BCUT2D eigenvalue weighted by molar-refractivity contribution is 4.99. The molecule has 2 aliphatic rings. The molecular weight excluding hydrogens is 150 g/mol. The minimum atomic E-state index is -0.118. The highest BCUT2D eigenvalue weighted by Gasteiger charge is 2.27. The summed E-state index contributed by atoms with van der Waals surface area (Å²) in [7, 11) is 0. The maximum atomic E-state index is 9.74. The van der Waals surface area contributed by atoms with Gasteiger partial charge in [0.15, 0.2) is 0 Å². The summed E-state index contributed by atoms with van der Waals surface area (Å²) in [6.07, 6.45) is 8.70. The highest BCUT2D eigenvalue weighted by Crippen LogP contribution is 2.21. The third kappa shape index (κ3) is 1.54. The third-order valence-corrected chi connectivity index (χ3v) is 2.98. The lowest BCUT2D eigenvalue weighted by Gasteiger charge is -2.32. The van der Waals surface area contributed by atoms with Crippen LogP contribution in [-0.2, 0) is 0 Å². The molecule has 1 saturated heterocycles. The van der Waals surface area contributed by atoms with E-state index in [0.29, 0.717) is 6.04 Å². The second kappa shape index (κ2) is 3.58. The van der Waals surface area contributed by atoms with E-state index in [4.69, 9.17) is 0 Å². The van der Waals surface area contributed by atoms with Crippen LogP contribution < -0.4 is 0 Å². The lowest BCUT2D eigenvalue weighted by Crippen LogP contribution is -2.42. The molecule has 1 aliphatic heterocycles. The predicted molar refractivity (Wildman–Crippen MR) is 49.0 cm³/mol. The van der Waals surface area contributed by atoms with E-state index in [-0.39, 0.29) is 6.10 Å². The van der Waals surface area contributed by atoms with Gasteiger partial charge in [-0.25, -0.2) is 0 Å². The Morgan fingerprint density at radius 2 is 1.75 bits per heavy atom. The van der Waals surface area contributed by atoms with Gasteiger partial charge in [0.2, 0.25) is 0 Å². The van der Waals surface area contributed by atoms with Crippen molar-refractivity contribution in [3.8, 4) is 0 Å². The average Bonchev–Trinajstić information content (AvgIpc) is 2.57. The largest absolute Gasteiger partial charge is 0.391 e. The molecule has 0 aromatic rings. The number of nitrogens with zero attached hydrogens (tertiary/aromatic N) is 1. The van der Waals surface area contributed by atoms with Crippen LogP contribution in [0.2, 0.25) is 0 Å². The fourth-order valence-corrected chi connectivity index (χ4v) is 2.25. The van der Waals surface area contributed by atoms with E-state index >= 15 is 0 Å². The first-order valence-electron chi connectivity index (χ1n) is 4.95. The highest BCUT2D eigenvalue weighted by atomic mass is 16.3. The van der Waals surface area contributed by atoms with Gasteiger partial charge in [-0.05, 0) is 38.8 Å². The first-order chi connectivity index (χ1) is 5.88. The van der Waals surface area contributed by atoms with Crippen molar-refractivity contribution in [1.29, 1.82) is 0 Å². The Kier molecular flexibility index (Phi) is 2.47. The Bertz CT molecular complexity index is 173. The molecular formula is C10H17NO. The zero-order valence-corrected chi connectivity index (χ0v) is 7.45. The second-order valence-electron chi connectivity index (χ2n) is 3.82. The summed E-state index contributed by atoms with van der Waals surface area (Å²) in [5, 5.41) is 9.74. The maximum absolute atomic E-state index is 9.74. The number of hydrogen-bond acceptors (Lipinski definition) is 2. The molecule has 0 spiro atoms. The van der Waals surface area contributed by atoms with Gasteiger partial charge in [-0.3, -0.25) is 4.90 Å². The molecule has 1 N–H and O–H groups in total. The van der Waals surface area contributed by atoms with Crippen molar-refractivity contribution >= 4 is 0 Å². The molecule has 0 bridgehead atoms. The predicted octanol–water partition coefficient (Wildman–Crippen LogP) is 1.16. The van der Waals surface area contributed by atoms with Crippen molar-refractivity contribution in [3.63, 3.8) is 0 Å². The fourth-order valence-electron chi connectivity index (χ4n) is 2.25. The molecule has 2 atom stereocenters. The Morgan fingerprint density at radius 3 is 2.42 bits per heavy atom. The van der Waals surface area contributed by atoms with Crippen LogP contribution in [0.25, 0.3) is 0 Å². The van der Waals surface area contributed by atoms with E-state index in [1.165, 1.54) is 25.9 Å². The minimum absolute atomic E-state index is 0.118. The number of likely N-dealkylation sites (tertiary alicyclic amines) is 1. The van der Waals surface area contributed by atoms with Crippen LogP contribution in [0.15, 0.2) is 12.2 Å². The summed E-state index contributed by atoms with van der Waals surface area (Å²) < 4.78 is 0. The van der Waals surface area contributed by atoms with Gasteiger partial charge >= 0.3 is 0 Å². The fraction of sp³-hybridized carbons (Fsp3) is 0.800. The first kappa shape index (κ1) is 8.27. The minimum Gasteiger partial charge on any atom is -0.391 e. The molecule has 0 aromatic carbocycles. The van der Waals surface area contributed by atoms with Crippen molar-refractivity contribution in [3.05, 3.63) is 12.2 Å². The second-order valence-corrected chi connectivity index (χ2v) is 3.82. The SMILES string of the molecule is O[C@@H]1CC=CC[C@H]1N1CCCC1. The number of aliphatic hydroxyl groups is 1. The topological polar surface area (TPSA) is 23.5 Å². The van der Waals surface area contributed by atoms with Crippen LogP contribution in [0, 0.1) is 0 Å². The number of aliphatic hydroxyl groups excluding tert-OH is 1. The van der Waals surface area contributed by atoms with Crippen molar-refractivity contribution in [2.75, 3.05) is 13.1 Å². The first-order valence-corrected chi connectivity index (χ1v) is 4.95. The zero-order valence-electron chi connectivity index (χ0n) is 7.45. The summed E-state index contributed by atoms with van der Waals surface area (Å²) >= 11 is 0. The molecule has 12 heavy (non-hydrogen) atoms. The monoisotopic (exact) mass is 167 g/mol. The molecule has 0 aromatic heterocycles.